The van der Waals surface area contributed by atoms with Crippen LogP contribution in [0.2, 0.25) is 0 Å². The maximum absolute atomic E-state index is 12.5. The minimum absolute atomic E-state index is 0.0109. The molecule has 0 aliphatic carbocycles. The lowest BCUT2D eigenvalue weighted by Crippen LogP contribution is -2.60. The molecule has 2 saturated heterocycles. The summed E-state index contributed by atoms with van der Waals surface area (Å²) in [6.07, 6.45) is 4.77. The number of phenols is 1. The molecule has 2 aliphatic heterocycles. The van der Waals surface area contributed by atoms with E-state index < -0.39 is 0 Å². The predicted molar refractivity (Wildman–Crippen MR) is 96.6 cm³/mol. The molecule has 1 aromatic carbocycles. The zero-order valence-corrected chi connectivity index (χ0v) is 14.6. The number of ether oxygens (including phenoxy) is 1. The summed E-state index contributed by atoms with van der Waals surface area (Å²) >= 11 is 1.91. The van der Waals surface area contributed by atoms with E-state index in [0.29, 0.717) is 12.2 Å². The molecule has 0 saturated carbocycles. The molecule has 1 spiro atoms. The van der Waals surface area contributed by atoms with Crippen LogP contribution in [0.4, 0.5) is 0 Å². The van der Waals surface area contributed by atoms with Crippen LogP contribution in [0.25, 0.3) is 0 Å². The summed E-state index contributed by atoms with van der Waals surface area (Å²) in [7, 11) is 0. The number of nitrogens with zero attached hydrogens (tertiary/aromatic N) is 2. The number of aromatic hydroxyl groups is 1. The van der Waals surface area contributed by atoms with Gasteiger partial charge in [-0.25, -0.2) is 0 Å². The molecule has 2 fully saturated rings. The molecule has 6 heteroatoms. The lowest BCUT2D eigenvalue weighted by molar-refractivity contribution is 0.0255. The Labute approximate surface area is 151 Å². The van der Waals surface area contributed by atoms with Gasteiger partial charge < -0.3 is 14.7 Å². The molecule has 2 aromatic rings. The van der Waals surface area contributed by atoms with Crippen LogP contribution < -0.4 is 0 Å². The zero-order valence-electron chi connectivity index (χ0n) is 13.8. The molecule has 0 unspecified atom stereocenters. The third-order valence-corrected chi connectivity index (χ3v) is 6.32. The maximum atomic E-state index is 12.5. The van der Waals surface area contributed by atoms with Gasteiger partial charge in [0.15, 0.2) is 0 Å². The smallest absolute Gasteiger partial charge is 0.254 e. The molecule has 130 valence electrons. The number of pyridine rings is 1. The van der Waals surface area contributed by atoms with Crippen molar-refractivity contribution in [2.24, 2.45) is 0 Å². The summed E-state index contributed by atoms with van der Waals surface area (Å²) in [4.78, 5) is 18.3. The van der Waals surface area contributed by atoms with Gasteiger partial charge in [-0.15, -0.1) is 11.8 Å². The minimum atomic E-state index is -0.0109. The molecule has 4 rings (SSSR count). The van der Waals surface area contributed by atoms with E-state index in [1.165, 1.54) is 6.07 Å². The number of benzene rings is 1. The Morgan fingerprint density at radius 2 is 2.12 bits per heavy atom. The van der Waals surface area contributed by atoms with Crippen molar-refractivity contribution < 1.29 is 14.6 Å². The van der Waals surface area contributed by atoms with Gasteiger partial charge in [-0.2, -0.15) is 0 Å². The molecule has 0 radical (unpaired) electrons. The SMILES string of the molecule is O=C(c1cccc(O)c1)N1CC2(C[C@@H](OCc3ccncc3)CS2)C1. The molecule has 1 aromatic heterocycles. The molecule has 25 heavy (non-hydrogen) atoms. The van der Waals surface area contributed by atoms with Crippen LogP contribution in [0.1, 0.15) is 22.3 Å². The topological polar surface area (TPSA) is 62.7 Å². The van der Waals surface area contributed by atoms with E-state index in [1.54, 1.807) is 30.6 Å². The van der Waals surface area contributed by atoms with E-state index >= 15 is 0 Å². The van der Waals surface area contributed by atoms with Gasteiger partial charge in [0.1, 0.15) is 5.75 Å². The Kier molecular flexibility index (Phi) is 4.39. The van der Waals surface area contributed by atoms with Crippen molar-refractivity contribution in [2.45, 2.75) is 23.9 Å². The Hall–Kier alpha value is -2.05. The van der Waals surface area contributed by atoms with E-state index in [2.05, 4.69) is 4.98 Å². The Morgan fingerprint density at radius 1 is 1.32 bits per heavy atom. The van der Waals surface area contributed by atoms with Crippen molar-refractivity contribution in [1.82, 2.24) is 9.88 Å². The van der Waals surface area contributed by atoms with Crippen LogP contribution in [0.3, 0.4) is 0 Å². The molecule has 1 atom stereocenters. The molecule has 1 N–H and O–H groups in total. The van der Waals surface area contributed by atoms with E-state index in [1.807, 2.05) is 28.8 Å². The molecule has 3 heterocycles. The minimum Gasteiger partial charge on any atom is -0.508 e. The third-order valence-electron chi connectivity index (χ3n) is 4.75. The van der Waals surface area contributed by atoms with Crippen molar-refractivity contribution in [2.75, 3.05) is 18.8 Å². The van der Waals surface area contributed by atoms with Gasteiger partial charge in [0.25, 0.3) is 5.91 Å². The van der Waals surface area contributed by atoms with E-state index in [-0.39, 0.29) is 22.5 Å². The highest BCUT2D eigenvalue weighted by Gasteiger charge is 2.51. The van der Waals surface area contributed by atoms with E-state index in [9.17, 15) is 9.90 Å². The van der Waals surface area contributed by atoms with Crippen LogP contribution in [0.5, 0.6) is 5.75 Å². The molecular formula is C19H20N2O3S. The first kappa shape index (κ1) is 16.4. The first-order valence-corrected chi connectivity index (χ1v) is 9.35. The third kappa shape index (κ3) is 3.50. The summed E-state index contributed by atoms with van der Waals surface area (Å²) in [5.74, 6) is 1.09. The average molecular weight is 356 g/mol. The van der Waals surface area contributed by atoms with Crippen molar-refractivity contribution in [3.63, 3.8) is 0 Å². The second kappa shape index (κ2) is 6.69. The first-order valence-electron chi connectivity index (χ1n) is 8.36. The number of hydrogen-bond donors (Lipinski definition) is 1. The number of thioether (sulfide) groups is 1. The van der Waals surface area contributed by atoms with Gasteiger partial charge in [-0.05, 0) is 42.3 Å². The quantitative estimate of drug-likeness (QED) is 0.913. The Bertz CT molecular complexity index is 762. The molecular weight excluding hydrogens is 336 g/mol. The standard InChI is InChI=1S/C19H20N2O3S/c22-16-3-1-2-15(8-16)18(23)21-12-19(13-21)9-17(11-25-19)24-10-14-4-6-20-7-5-14/h1-8,17,22H,9-13H2/t17-/m1/s1. The zero-order chi connectivity index (χ0) is 17.3. The number of phenolic OH excluding ortho intramolecular Hbond substituents is 1. The fourth-order valence-electron chi connectivity index (χ4n) is 3.44. The fourth-order valence-corrected chi connectivity index (χ4v) is 4.99. The largest absolute Gasteiger partial charge is 0.508 e. The van der Waals surface area contributed by atoms with E-state index in [0.717, 1.165) is 30.8 Å². The van der Waals surface area contributed by atoms with Crippen molar-refractivity contribution in [3.8, 4) is 5.75 Å². The second-order valence-corrected chi connectivity index (χ2v) is 8.19. The van der Waals surface area contributed by atoms with Crippen LogP contribution in [-0.4, -0.2) is 50.6 Å². The number of likely N-dealkylation sites (tertiary alicyclic amines) is 1. The summed E-state index contributed by atoms with van der Waals surface area (Å²) in [6, 6.07) is 10.5. The number of carbonyl (C=O) groups is 1. The van der Waals surface area contributed by atoms with Crippen LogP contribution >= 0.6 is 11.8 Å². The van der Waals surface area contributed by atoms with Crippen molar-refractivity contribution in [1.29, 1.82) is 0 Å². The summed E-state index contributed by atoms with van der Waals surface area (Å²) in [6.45, 7) is 2.11. The number of hydrogen-bond acceptors (Lipinski definition) is 5. The van der Waals surface area contributed by atoms with E-state index in [4.69, 9.17) is 4.74 Å². The van der Waals surface area contributed by atoms with Gasteiger partial charge in [-0.1, -0.05) is 6.07 Å². The van der Waals surface area contributed by atoms with Gasteiger partial charge in [0, 0.05) is 36.8 Å². The lowest BCUT2D eigenvalue weighted by atomic mass is 9.92. The maximum Gasteiger partial charge on any atom is 0.254 e. The Balaban J connectivity index is 1.29. The Morgan fingerprint density at radius 3 is 2.88 bits per heavy atom. The molecule has 1 amide bonds. The number of aromatic nitrogens is 1. The highest BCUT2D eigenvalue weighted by Crippen LogP contribution is 2.46. The first-order chi connectivity index (χ1) is 12.1. The summed E-state index contributed by atoms with van der Waals surface area (Å²) < 4.78 is 6.17. The molecule has 5 nitrogen and oxygen atoms in total. The van der Waals surface area contributed by atoms with Gasteiger partial charge in [0.2, 0.25) is 0 Å². The number of amides is 1. The van der Waals surface area contributed by atoms with Gasteiger partial charge in [-0.3, -0.25) is 9.78 Å². The summed E-state index contributed by atoms with van der Waals surface area (Å²) in [5, 5.41) is 9.53. The summed E-state index contributed by atoms with van der Waals surface area (Å²) in [5.41, 5.74) is 1.68. The average Bonchev–Trinajstić information content (AvgIpc) is 3.04. The van der Waals surface area contributed by atoms with Crippen LogP contribution in [0, 0.1) is 0 Å². The van der Waals surface area contributed by atoms with Crippen molar-refractivity contribution in [3.05, 3.63) is 59.9 Å². The van der Waals surface area contributed by atoms with Crippen LogP contribution in [0.15, 0.2) is 48.8 Å². The number of rotatable bonds is 4. The molecule has 2 aliphatic rings. The second-order valence-electron chi connectivity index (χ2n) is 6.70. The number of carbonyl (C=O) groups excluding carboxylic acids is 1. The normalized spacial score (nSPS) is 21.3. The van der Waals surface area contributed by atoms with Crippen LogP contribution in [-0.2, 0) is 11.3 Å². The lowest BCUT2D eigenvalue weighted by Gasteiger charge is -2.47. The molecule has 0 bridgehead atoms. The van der Waals surface area contributed by atoms with Gasteiger partial charge in [0.05, 0.1) is 17.5 Å². The highest BCUT2D eigenvalue weighted by atomic mass is 32.2. The van der Waals surface area contributed by atoms with Gasteiger partial charge >= 0.3 is 0 Å². The monoisotopic (exact) mass is 356 g/mol. The fraction of sp³-hybridized carbons (Fsp3) is 0.368. The predicted octanol–water partition coefficient (Wildman–Crippen LogP) is 2.70. The highest BCUT2D eigenvalue weighted by molar-refractivity contribution is 8.01. The van der Waals surface area contributed by atoms with Crippen molar-refractivity contribution >= 4 is 17.7 Å².